The average Bonchev–Trinajstić information content (AvgIpc) is 2.73. The Morgan fingerprint density at radius 2 is 1.68 bits per heavy atom. The van der Waals surface area contributed by atoms with Crippen molar-refractivity contribution in [3.8, 4) is 0 Å². The molecule has 19 heavy (non-hydrogen) atoms. The molecule has 0 aliphatic carbocycles. The Kier molecular flexibility index (Phi) is 2.88. The van der Waals surface area contributed by atoms with E-state index in [1.165, 1.54) is 0 Å². The smallest absolute Gasteiger partial charge is 0.169 e. The molecule has 3 aromatic rings. The van der Waals surface area contributed by atoms with Crippen LogP contribution in [0.4, 0.5) is 4.39 Å². The number of carbonyl (C=O) groups is 1. The first-order valence-corrected chi connectivity index (χ1v) is 6.07. The fraction of sp³-hybridized carbons (Fsp3) is 0.0625. The van der Waals surface area contributed by atoms with Gasteiger partial charge >= 0.3 is 0 Å². The lowest BCUT2D eigenvalue weighted by molar-refractivity contribution is 0.111. The van der Waals surface area contributed by atoms with Crippen LogP contribution < -0.4 is 0 Å². The minimum atomic E-state index is -0.443. The highest BCUT2D eigenvalue weighted by molar-refractivity contribution is 5.89. The highest BCUT2D eigenvalue weighted by Gasteiger charge is 2.16. The van der Waals surface area contributed by atoms with E-state index >= 15 is 0 Å². The van der Waals surface area contributed by atoms with Gasteiger partial charge in [0, 0.05) is 11.9 Å². The van der Waals surface area contributed by atoms with E-state index in [-0.39, 0.29) is 5.69 Å². The van der Waals surface area contributed by atoms with Gasteiger partial charge in [-0.25, -0.2) is 4.39 Å². The van der Waals surface area contributed by atoms with Crippen molar-refractivity contribution in [3.05, 3.63) is 71.7 Å². The first kappa shape index (κ1) is 11.7. The minimum Gasteiger partial charge on any atom is -0.331 e. The molecule has 0 amide bonds. The molecule has 0 unspecified atom stereocenters. The van der Waals surface area contributed by atoms with Crippen LogP contribution in [0, 0.1) is 5.82 Å². The van der Waals surface area contributed by atoms with Gasteiger partial charge in [-0.2, -0.15) is 0 Å². The van der Waals surface area contributed by atoms with Gasteiger partial charge in [-0.05, 0) is 17.7 Å². The van der Waals surface area contributed by atoms with Crippen LogP contribution in [0.5, 0.6) is 0 Å². The van der Waals surface area contributed by atoms with Gasteiger partial charge in [-0.3, -0.25) is 4.79 Å². The van der Waals surface area contributed by atoms with Crippen LogP contribution >= 0.6 is 0 Å². The SMILES string of the molecule is O=Cc1c(F)c2ccccc2n1Cc1ccccc1. The van der Waals surface area contributed by atoms with Crippen molar-refractivity contribution in [2.45, 2.75) is 6.54 Å². The van der Waals surface area contributed by atoms with Crippen molar-refractivity contribution in [1.82, 2.24) is 4.57 Å². The molecule has 1 heterocycles. The molecule has 3 rings (SSSR count). The number of aldehydes is 1. The summed E-state index contributed by atoms with van der Waals surface area (Å²) in [6.45, 7) is 0.485. The largest absolute Gasteiger partial charge is 0.331 e. The third kappa shape index (κ3) is 1.93. The van der Waals surface area contributed by atoms with E-state index in [0.29, 0.717) is 18.2 Å². The van der Waals surface area contributed by atoms with Gasteiger partial charge in [-0.1, -0.05) is 42.5 Å². The number of carbonyl (C=O) groups excluding carboxylic acids is 1. The summed E-state index contributed by atoms with van der Waals surface area (Å²) < 4.78 is 15.9. The number of aromatic nitrogens is 1. The van der Waals surface area contributed by atoms with Crippen molar-refractivity contribution in [3.63, 3.8) is 0 Å². The molecule has 0 atom stereocenters. The molecule has 0 saturated heterocycles. The van der Waals surface area contributed by atoms with Crippen molar-refractivity contribution >= 4 is 17.2 Å². The zero-order valence-corrected chi connectivity index (χ0v) is 10.2. The van der Waals surface area contributed by atoms with E-state index in [0.717, 1.165) is 11.1 Å². The third-order valence-corrected chi connectivity index (χ3v) is 3.24. The van der Waals surface area contributed by atoms with Crippen LogP contribution in [0.3, 0.4) is 0 Å². The topological polar surface area (TPSA) is 22.0 Å². The molecule has 0 N–H and O–H groups in total. The summed E-state index contributed by atoms with van der Waals surface area (Å²) in [7, 11) is 0. The molecular formula is C16H12FNO. The van der Waals surface area contributed by atoms with E-state index in [1.807, 2.05) is 42.5 Å². The second-order valence-electron chi connectivity index (χ2n) is 4.41. The molecule has 0 fully saturated rings. The summed E-state index contributed by atoms with van der Waals surface area (Å²) in [5, 5.41) is 0.487. The maximum Gasteiger partial charge on any atom is 0.169 e. The molecule has 2 nitrogen and oxygen atoms in total. The van der Waals surface area contributed by atoms with Gasteiger partial charge in [0.1, 0.15) is 5.69 Å². The van der Waals surface area contributed by atoms with Crippen molar-refractivity contribution in [2.24, 2.45) is 0 Å². The number of halogens is 1. The van der Waals surface area contributed by atoms with Gasteiger partial charge in [0.25, 0.3) is 0 Å². The Balaban J connectivity index is 2.19. The number of hydrogen-bond donors (Lipinski definition) is 0. The van der Waals surface area contributed by atoms with Crippen molar-refractivity contribution in [1.29, 1.82) is 0 Å². The average molecular weight is 253 g/mol. The van der Waals surface area contributed by atoms with Crippen LogP contribution in [-0.4, -0.2) is 10.9 Å². The predicted molar refractivity (Wildman–Crippen MR) is 72.8 cm³/mol. The minimum absolute atomic E-state index is 0.102. The fourth-order valence-electron chi connectivity index (χ4n) is 2.33. The fourth-order valence-corrected chi connectivity index (χ4v) is 2.33. The van der Waals surface area contributed by atoms with Crippen LogP contribution in [0.1, 0.15) is 16.1 Å². The highest BCUT2D eigenvalue weighted by Crippen LogP contribution is 2.24. The standard InChI is InChI=1S/C16H12FNO/c17-16-13-8-4-5-9-14(13)18(15(16)11-19)10-12-6-2-1-3-7-12/h1-9,11H,10H2. The molecule has 0 spiro atoms. The Morgan fingerprint density at radius 3 is 2.42 bits per heavy atom. The second kappa shape index (κ2) is 4.69. The molecule has 0 saturated carbocycles. The lowest BCUT2D eigenvalue weighted by atomic mass is 10.2. The zero-order valence-electron chi connectivity index (χ0n) is 10.2. The van der Waals surface area contributed by atoms with Crippen LogP contribution in [0.25, 0.3) is 10.9 Å². The maximum absolute atomic E-state index is 14.1. The molecule has 1 aromatic heterocycles. The molecule has 2 aromatic carbocycles. The first-order valence-electron chi connectivity index (χ1n) is 6.07. The number of hydrogen-bond acceptors (Lipinski definition) is 1. The van der Waals surface area contributed by atoms with Crippen LogP contribution in [-0.2, 0) is 6.54 Å². The quantitative estimate of drug-likeness (QED) is 0.653. The predicted octanol–water partition coefficient (Wildman–Crippen LogP) is 3.64. The highest BCUT2D eigenvalue weighted by atomic mass is 19.1. The van der Waals surface area contributed by atoms with Gasteiger partial charge in [0.05, 0.1) is 5.52 Å². The molecular weight excluding hydrogens is 241 g/mol. The molecule has 3 heteroatoms. The van der Waals surface area contributed by atoms with Gasteiger partial charge in [0.2, 0.25) is 0 Å². The Morgan fingerprint density at radius 1 is 1.00 bits per heavy atom. The molecule has 0 bridgehead atoms. The van der Waals surface area contributed by atoms with E-state index in [4.69, 9.17) is 0 Å². The Hall–Kier alpha value is -2.42. The molecule has 0 aliphatic rings. The summed E-state index contributed by atoms with van der Waals surface area (Å²) in [6.07, 6.45) is 0.582. The van der Waals surface area contributed by atoms with Gasteiger partial charge in [0.15, 0.2) is 12.1 Å². The molecule has 0 aliphatic heterocycles. The normalized spacial score (nSPS) is 10.8. The van der Waals surface area contributed by atoms with E-state index in [1.54, 1.807) is 16.7 Å². The summed E-state index contributed by atoms with van der Waals surface area (Å²) in [5.74, 6) is -0.443. The Bertz CT molecular complexity index is 731. The number of benzene rings is 2. The second-order valence-corrected chi connectivity index (χ2v) is 4.41. The lowest BCUT2D eigenvalue weighted by Crippen LogP contribution is -2.04. The molecule has 94 valence electrons. The number of para-hydroxylation sites is 1. The number of fused-ring (bicyclic) bond motifs is 1. The van der Waals surface area contributed by atoms with Gasteiger partial charge in [-0.15, -0.1) is 0 Å². The van der Waals surface area contributed by atoms with Crippen molar-refractivity contribution in [2.75, 3.05) is 0 Å². The summed E-state index contributed by atoms with van der Waals surface area (Å²) >= 11 is 0. The molecule has 0 radical (unpaired) electrons. The van der Waals surface area contributed by atoms with E-state index in [9.17, 15) is 9.18 Å². The zero-order chi connectivity index (χ0) is 13.2. The van der Waals surface area contributed by atoms with Crippen LogP contribution in [0.15, 0.2) is 54.6 Å². The summed E-state index contributed by atoms with van der Waals surface area (Å²) in [4.78, 5) is 11.1. The van der Waals surface area contributed by atoms with Crippen molar-refractivity contribution < 1.29 is 9.18 Å². The van der Waals surface area contributed by atoms with Crippen LogP contribution in [0.2, 0.25) is 0 Å². The maximum atomic E-state index is 14.1. The third-order valence-electron chi connectivity index (χ3n) is 3.24. The van der Waals surface area contributed by atoms with E-state index in [2.05, 4.69) is 0 Å². The van der Waals surface area contributed by atoms with Gasteiger partial charge < -0.3 is 4.57 Å². The summed E-state index contributed by atoms with van der Waals surface area (Å²) in [5.41, 5.74) is 1.88. The number of nitrogens with zero attached hydrogens (tertiary/aromatic N) is 1. The van der Waals surface area contributed by atoms with E-state index < -0.39 is 5.82 Å². The summed E-state index contributed by atoms with van der Waals surface area (Å²) in [6, 6.07) is 16.8. The number of rotatable bonds is 3. The monoisotopic (exact) mass is 253 g/mol. The Labute approximate surface area is 110 Å². The first-order chi connectivity index (χ1) is 9.31. The lowest BCUT2D eigenvalue weighted by Gasteiger charge is -2.07.